The summed E-state index contributed by atoms with van der Waals surface area (Å²) in [5, 5.41) is 13.8. The van der Waals surface area contributed by atoms with Crippen LogP contribution in [0.4, 0.5) is 0 Å². The predicted octanol–water partition coefficient (Wildman–Crippen LogP) is 1.90. The second-order valence-electron chi connectivity index (χ2n) is 4.59. The van der Waals surface area contributed by atoms with Crippen molar-refractivity contribution in [2.75, 3.05) is 20.2 Å². The van der Waals surface area contributed by atoms with Crippen LogP contribution in [0, 0.1) is 0 Å². The molecule has 0 amide bonds. The van der Waals surface area contributed by atoms with Crippen LogP contribution in [0.3, 0.4) is 0 Å². The van der Waals surface area contributed by atoms with E-state index in [-0.39, 0.29) is 5.25 Å². The third kappa shape index (κ3) is 3.15. The number of aliphatic hydroxyl groups is 1. The summed E-state index contributed by atoms with van der Waals surface area (Å²) in [6.45, 7) is 3.67. The Morgan fingerprint density at radius 1 is 1.41 bits per heavy atom. The van der Waals surface area contributed by atoms with Crippen LogP contribution in [0.5, 0.6) is 5.75 Å². The maximum atomic E-state index is 10.3. The molecule has 2 rings (SSSR count). The molecule has 1 aromatic rings. The molecule has 1 fully saturated rings. The summed E-state index contributed by atoms with van der Waals surface area (Å²) in [6.07, 6.45) is 0.806. The molecule has 3 nitrogen and oxygen atoms in total. The van der Waals surface area contributed by atoms with Crippen molar-refractivity contribution in [2.45, 2.75) is 29.1 Å². The fourth-order valence-corrected chi connectivity index (χ4v) is 3.14. The Hall–Kier alpha value is -0.710. The zero-order valence-electron chi connectivity index (χ0n) is 10.3. The summed E-state index contributed by atoms with van der Waals surface area (Å²) in [4.78, 5) is 1.17. The van der Waals surface area contributed by atoms with E-state index in [9.17, 15) is 5.11 Å². The van der Waals surface area contributed by atoms with Crippen LogP contribution in [0.1, 0.15) is 13.3 Å². The zero-order valence-corrected chi connectivity index (χ0v) is 11.1. The average molecular weight is 253 g/mol. The van der Waals surface area contributed by atoms with E-state index < -0.39 is 5.60 Å². The van der Waals surface area contributed by atoms with Gasteiger partial charge in [0, 0.05) is 11.4 Å². The van der Waals surface area contributed by atoms with E-state index in [0.29, 0.717) is 0 Å². The first-order valence-corrected chi connectivity index (χ1v) is 6.73. The molecule has 0 aromatic heterocycles. The van der Waals surface area contributed by atoms with Crippen molar-refractivity contribution < 1.29 is 9.84 Å². The lowest BCUT2D eigenvalue weighted by molar-refractivity contribution is 0.0355. The summed E-state index contributed by atoms with van der Waals surface area (Å²) < 4.78 is 5.13. The highest BCUT2D eigenvalue weighted by molar-refractivity contribution is 8.00. The summed E-state index contributed by atoms with van der Waals surface area (Å²) >= 11 is 1.72. The number of hydrogen-bond donors (Lipinski definition) is 2. The van der Waals surface area contributed by atoms with Crippen LogP contribution >= 0.6 is 11.8 Å². The minimum atomic E-state index is -0.587. The highest BCUT2D eigenvalue weighted by Crippen LogP contribution is 2.34. The number of piperidine rings is 1. The molecule has 0 radical (unpaired) electrons. The normalized spacial score (nSPS) is 29.0. The van der Waals surface area contributed by atoms with Gasteiger partial charge in [-0.3, -0.25) is 0 Å². The van der Waals surface area contributed by atoms with Crippen molar-refractivity contribution in [1.82, 2.24) is 5.32 Å². The van der Waals surface area contributed by atoms with Gasteiger partial charge in [0.1, 0.15) is 5.75 Å². The molecule has 0 aliphatic carbocycles. The first kappa shape index (κ1) is 12.7. The minimum absolute atomic E-state index is 0.199. The highest BCUT2D eigenvalue weighted by atomic mass is 32.2. The van der Waals surface area contributed by atoms with Gasteiger partial charge in [0.05, 0.1) is 18.0 Å². The quantitative estimate of drug-likeness (QED) is 0.863. The van der Waals surface area contributed by atoms with Crippen LogP contribution in [-0.4, -0.2) is 36.2 Å². The molecule has 2 atom stereocenters. The van der Waals surface area contributed by atoms with Gasteiger partial charge in [-0.15, -0.1) is 11.8 Å². The molecule has 0 saturated carbocycles. The SMILES string of the molecule is COc1ccc(SC2CNCCC2(C)O)cc1. The van der Waals surface area contributed by atoms with Gasteiger partial charge in [0.15, 0.2) is 0 Å². The second-order valence-corrected chi connectivity index (χ2v) is 5.87. The first-order chi connectivity index (χ1) is 8.12. The van der Waals surface area contributed by atoms with Crippen LogP contribution in [0.15, 0.2) is 29.2 Å². The van der Waals surface area contributed by atoms with Gasteiger partial charge in [-0.25, -0.2) is 0 Å². The van der Waals surface area contributed by atoms with E-state index in [1.807, 2.05) is 31.2 Å². The largest absolute Gasteiger partial charge is 0.497 e. The smallest absolute Gasteiger partial charge is 0.118 e. The minimum Gasteiger partial charge on any atom is -0.497 e. The monoisotopic (exact) mass is 253 g/mol. The molecule has 1 aliphatic heterocycles. The summed E-state index contributed by atoms with van der Waals surface area (Å²) in [7, 11) is 1.66. The number of methoxy groups -OCH3 is 1. The molecule has 17 heavy (non-hydrogen) atoms. The zero-order chi connectivity index (χ0) is 12.3. The van der Waals surface area contributed by atoms with E-state index in [4.69, 9.17) is 4.74 Å². The second kappa shape index (κ2) is 5.29. The molecule has 1 aliphatic rings. The molecule has 4 heteroatoms. The summed E-state index contributed by atoms with van der Waals surface area (Å²) in [5.41, 5.74) is -0.587. The molecule has 1 heterocycles. The third-order valence-corrected chi connectivity index (χ3v) is 4.67. The Balaban J connectivity index is 2.03. The average Bonchev–Trinajstić information content (AvgIpc) is 2.33. The maximum Gasteiger partial charge on any atom is 0.118 e. The van der Waals surface area contributed by atoms with Crippen molar-refractivity contribution in [1.29, 1.82) is 0 Å². The van der Waals surface area contributed by atoms with Crippen molar-refractivity contribution in [3.63, 3.8) is 0 Å². The Labute approximate surface area is 107 Å². The van der Waals surface area contributed by atoms with E-state index in [1.165, 1.54) is 4.90 Å². The first-order valence-electron chi connectivity index (χ1n) is 5.85. The topological polar surface area (TPSA) is 41.5 Å². The number of hydrogen-bond acceptors (Lipinski definition) is 4. The number of rotatable bonds is 3. The van der Waals surface area contributed by atoms with E-state index in [0.717, 1.165) is 25.3 Å². The van der Waals surface area contributed by atoms with Gasteiger partial charge in [0.25, 0.3) is 0 Å². The van der Waals surface area contributed by atoms with Gasteiger partial charge >= 0.3 is 0 Å². The van der Waals surface area contributed by atoms with Crippen molar-refractivity contribution >= 4 is 11.8 Å². The fraction of sp³-hybridized carbons (Fsp3) is 0.538. The lowest BCUT2D eigenvalue weighted by Crippen LogP contribution is -2.50. The standard InChI is InChI=1S/C13H19NO2S/c1-13(15)7-8-14-9-12(13)17-11-5-3-10(16-2)4-6-11/h3-6,12,14-15H,7-9H2,1-2H3. The van der Waals surface area contributed by atoms with Crippen LogP contribution < -0.4 is 10.1 Å². The lowest BCUT2D eigenvalue weighted by Gasteiger charge is -2.37. The Kier molecular flexibility index (Phi) is 3.97. The van der Waals surface area contributed by atoms with Gasteiger partial charge in [-0.2, -0.15) is 0 Å². The molecular formula is C13H19NO2S. The Morgan fingerprint density at radius 3 is 2.71 bits per heavy atom. The van der Waals surface area contributed by atoms with Gasteiger partial charge in [-0.05, 0) is 44.2 Å². The number of thioether (sulfide) groups is 1. The summed E-state index contributed by atoms with van der Waals surface area (Å²) in [5.74, 6) is 0.864. The fourth-order valence-electron chi connectivity index (χ4n) is 1.94. The van der Waals surface area contributed by atoms with Gasteiger partial charge < -0.3 is 15.2 Å². The predicted molar refractivity (Wildman–Crippen MR) is 70.7 cm³/mol. The van der Waals surface area contributed by atoms with Crippen molar-refractivity contribution in [3.05, 3.63) is 24.3 Å². The van der Waals surface area contributed by atoms with Gasteiger partial charge in [-0.1, -0.05) is 0 Å². The van der Waals surface area contributed by atoms with Crippen LogP contribution in [-0.2, 0) is 0 Å². The molecule has 0 spiro atoms. The molecule has 2 N–H and O–H groups in total. The van der Waals surface area contributed by atoms with Crippen LogP contribution in [0.2, 0.25) is 0 Å². The van der Waals surface area contributed by atoms with Gasteiger partial charge in [0.2, 0.25) is 0 Å². The summed E-state index contributed by atoms with van der Waals surface area (Å²) in [6, 6.07) is 7.98. The van der Waals surface area contributed by atoms with Crippen LogP contribution in [0.25, 0.3) is 0 Å². The molecule has 0 bridgehead atoms. The van der Waals surface area contributed by atoms with Crippen molar-refractivity contribution in [3.8, 4) is 5.75 Å². The Bertz CT molecular complexity index is 364. The molecule has 2 unspecified atom stereocenters. The highest BCUT2D eigenvalue weighted by Gasteiger charge is 2.34. The lowest BCUT2D eigenvalue weighted by atomic mass is 9.94. The Morgan fingerprint density at radius 2 is 2.12 bits per heavy atom. The number of nitrogens with one attached hydrogen (secondary N) is 1. The maximum absolute atomic E-state index is 10.3. The van der Waals surface area contributed by atoms with E-state index >= 15 is 0 Å². The van der Waals surface area contributed by atoms with E-state index in [1.54, 1.807) is 18.9 Å². The number of benzene rings is 1. The third-order valence-electron chi connectivity index (χ3n) is 3.17. The van der Waals surface area contributed by atoms with E-state index in [2.05, 4.69) is 5.32 Å². The number of ether oxygens (including phenoxy) is 1. The molecular weight excluding hydrogens is 234 g/mol. The molecule has 1 aromatic carbocycles. The molecule has 94 valence electrons. The van der Waals surface area contributed by atoms with Crippen molar-refractivity contribution in [2.24, 2.45) is 0 Å². The molecule has 1 saturated heterocycles.